The second-order valence-corrected chi connectivity index (χ2v) is 5.89. The lowest BCUT2D eigenvalue weighted by atomic mass is 9.91. The third-order valence-electron chi connectivity index (χ3n) is 3.35. The molecule has 1 aliphatic rings. The van der Waals surface area contributed by atoms with E-state index in [2.05, 4.69) is 0 Å². The van der Waals surface area contributed by atoms with Crippen LogP contribution in [0.15, 0.2) is 46.2 Å². The Bertz CT molecular complexity index is 682. The van der Waals surface area contributed by atoms with Gasteiger partial charge in [-0.05, 0) is 48.7 Å². The third-order valence-corrected chi connectivity index (χ3v) is 4.37. The Labute approximate surface area is 120 Å². The number of carbonyl (C=O) groups is 1. The van der Waals surface area contributed by atoms with Gasteiger partial charge < -0.3 is 0 Å². The number of carbonyl (C=O) groups excluding carboxylic acids is 1. The average Bonchev–Trinajstić information content (AvgIpc) is 2.43. The predicted octanol–water partition coefficient (Wildman–Crippen LogP) is 4.64. The number of ketones is 1. The van der Waals surface area contributed by atoms with Crippen LogP contribution in [0.25, 0.3) is 0 Å². The van der Waals surface area contributed by atoms with Crippen LogP contribution in [-0.2, 0) is 6.42 Å². The molecule has 3 rings (SSSR count). The Balaban J connectivity index is 1.92. The monoisotopic (exact) mass is 290 g/mol. The van der Waals surface area contributed by atoms with Crippen molar-refractivity contribution in [2.24, 2.45) is 0 Å². The Hall–Kier alpha value is -1.68. The van der Waals surface area contributed by atoms with Crippen LogP contribution in [0.5, 0.6) is 0 Å². The van der Waals surface area contributed by atoms with Gasteiger partial charge in [-0.15, -0.1) is 0 Å². The zero-order valence-electron chi connectivity index (χ0n) is 10.7. The largest absolute Gasteiger partial charge is 0.294 e. The summed E-state index contributed by atoms with van der Waals surface area (Å²) in [6.45, 7) is 0. The Morgan fingerprint density at radius 2 is 1.85 bits per heavy atom. The van der Waals surface area contributed by atoms with Crippen LogP contribution in [0.4, 0.5) is 8.78 Å². The summed E-state index contributed by atoms with van der Waals surface area (Å²) in [5.41, 5.74) is 1.77. The molecule has 0 aromatic heterocycles. The molecule has 0 saturated heterocycles. The highest BCUT2D eigenvalue weighted by atomic mass is 32.2. The summed E-state index contributed by atoms with van der Waals surface area (Å²) >= 11 is 1.18. The fourth-order valence-corrected chi connectivity index (χ4v) is 3.30. The third kappa shape index (κ3) is 2.61. The minimum absolute atomic E-state index is 0.166. The standard InChI is InChI=1S/C16H12F2OS/c17-11-4-7-14(18)16(9-11)20-12-5-6-13-10(8-12)2-1-3-15(13)19/h4-9H,1-3H2. The summed E-state index contributed by atoms with van der Waals surface area (Å²) in [4.78, 5) is 12.8. The predicted molar refractivity (Wildman–Crippen MR) is 74.2 cm³/mol. The van der Waals surface area contributed by atoms with Gasteiger partial charge in [-0.25, -0.2) is 8.78 Å². The number of hydrogen-bond donors (Lipinski definition) is 0. The molecule has 0 spiro atoms. The molecule has 2 aromatic rings. The van der Waals surface area contributed by atoms with E-state index in [1.54, 1.807) is 12.1 Å². The topological polar surface area (TPSA) is 17.1 Å². The maximum absolute atomic E-state index is 13.6. The second kappa shape index (κ2) is 5.37. The van der Waals surface area contributed by atoms with Gasteiger partial charge in [-0.3, -0.25) is 4.79 Å². The number of rotatable bonds is 2. The van der Waals surface area contributed by atoms with Gasteiger partial charge in [0.25, 0.3) is 0 Å². The van der Waals surface area contributed by atoms with Gasteiger partial charge in [0.1, 0.15) is 11.6 Å². The molecular formula is C16H12F2OS. The van der Waals surface area contributed by atoms with E-state index in [4.69, 9.17) is 0 Å². The lowest BCUT2D eigenvalue weighted by Crippen LogP contribution is -2.10. The molecule has 0 unspecified atom stereocenters. The smallest absolute Gasteiger partial charge is 0.163 e. The highest BCUT2D eigenvalue weighted by molar-refractivity contribution is 7.99. The van der Waals surface area contributed by atoms with E-state index in [1.807, 2.05) is 6.07 Å². The van der Waals surface area contributed by atoms with Crippen LogP contribution in [0.3, 0.4) is 0 Å². The van der Waals surface area contributed by atoms with Crippen LogP contribution in [0.2, 0.25) is 0 Å². The fourth-order valence-electron chi connectivity index (χ4n) is 2.37. The van der Waals surface area contributed by atoms with Gasteiger partial charge in [-0.2, -0.15) is 0 Å². The molecule has 1 nitrogen and oxygen atoms in total. The molecular weight excluding hydrogens is 278 g/mol. The zero-order valence-corrected chi connectivity index (χ0v) is 11.5. The van der Waals surface area contributed by atoms with E-state index in [1.165, 1.54) is 17.8 Å². The number of hydrogen-bond acceptors (Lipinski definition) is 2. The number of aryl methyl sites for hydroxylation is 1. The summed E-state index contributed by atoms with van der Waals surface area (Å²) in [5.74, 6) is -0.730. The van der Waals surface area contributed by atoms with Gasteiger partial charge in [-0.1, -0.05) is 17.8 Å². The first-order valence-electron chi connectivity index (χ1n) is 6.42. The molecule has 20 heavy (non-hydrogen) atoms. The number of benzene rings is 2. The number of fused-ring (bicyclic) bond motifs is 1. The highest BCUT2D eigenvalue weighted by Gasteiger charge is 2.17. The van der Waals surface area contributed by atoms with Crippen molar-refractivity contribution in [1.29, 1.82) is 0 Å². The SMILES string of the molecule is O=C1CCCc2cc(Sc3cc(F)ccc3F)ccc21. The molecule has 0 bridgehead atoms. The summed E-state index contributed by atoms with van der Waals surface area (Å²) < 4.78 is 26.8. The molecule has 0 amide bonds. The molecule has 4 heteroatoms. The average molecular weight is 290 g/mol. The van der Waals surface area contributed by atoms with Crippen molar-refractivity contribution in [1.82, 2.24) is 0 Å². The molecule has 0 N–H and O–H groups in total. The van der Waals surface area contributed by atoms with Crippen molar-refractivity contribution in [2.75, 3.05) is 0 Å². The van der Waals surface area contributed by atoms with Gasteiger partial charge in [0.15, 0.2) is 5.78 Å². The lowest BCUT2D eigenvalue weighted by Gasteiger charge is -2.15. The summed E-state index contributed by atoms with van der Waals surface area (Å²) in [6.07, 6.45) is 2.31. The molecule has 1 aliphatic carbocycles. The molecule has 0 saturated carbocycles. The minimum Gasteiger partial charge on any atom is -0.294 e. The van der Waals surface area contributed by atoms with Crippen molar-refractivity contribution in [2.45, 2.75) is 29.1 Å². The van der Waals surface area contributed by atoms with Crippen LogP contribution in [0.1, 0.15) is 28.8 Å². The quantitative estimate of drug-likeness (QED) is 0.801. The second-order valence-electron chi connectivity index (χ2n) is 4.77. The first-order chi connectivity index (χ1) is 9.63. The van der Waals surface area contributed by atoms with Crippen molar-refractivity contribution >= 4 is 17.5 Å². The maximum atomic E-state index is 13.6. The summed E-state index contributed by atoms with van der Waals surface area (Å²) in [6, 6.07) is 8.89. The molecule has 0 atom stereocenters. The van der Waals surface area contributed by atoms with Crippen molar-refractivity contribution in [3.63, 3.8) is 0 Å². The first kappa shape index (κ1) is 13.3. The van der Waals surface area contributed by atoms with Crippen molar-refractivity contribution in [3.8, 4) is 0 Å². The molecule has 0 heterocycles. The normalized spacial score (nSPS) is 14.2. The van der Waals surface area contributed by atoms with Crippen LogP contribution < -0.4 is 0 Å². The van der Waals surface area contributed by atoms with Crippen LogP contribution in [-0.4, -0.2) is 5.78 Å². The molecule has 102 valence electrons. The van der Waals surface area contributed by atoms with E-state index in [-0.39, 0.29) is 10.7 Å². The lowest BCUT2D eigenvalue weighted by molar-refractivity contribution is 0.0972. The van der Waals surface area contributed by atoms with E-state index in [0.29, 0.717) is 6.42 Å². The van der Waals surface area contributed by atoms with Gasteiger partial charge in [0, 0.05) is 16.9 Å². The van der Waals surface area contributed by atoms with E-state index in [0.717, 1.165) is 41.0 Å². The Kier molecular flexibility index (Phi) is 3.57. The maximum Gasteiger partial charge on any atom is 0.163 e. The van der Waals surface area contributed by atoms with E-state index < -0.39 is 11.6 Å². The molecule has 2 aromatic carbocycles. The molecule has 0 aliphatic heterocycles. The molecule has 0 fully saturated rings. The number of Topliss-reactive ketones (excluding diaryl/α,β-unsaturated/α-hetero) is 1. The van der Waals surface area contributed by atoms with E-state index >= 15 is 0 Å². The van der Waals surface area contributed by atoms with E-state index in [9.17, 15) is 13.6 Å². The summed E-state index contributed by atoms with van der Waals surface area (Å²) in [7, 11) is 0. The minimum atomic E-state index is -0.456. The summed E-state index contributed by atoms with van der Waals surface area (Å²) in [5, 5.41) is 0. The van der Waals surface area contributed by atoms with Crippen molar-refractivity contribution < 1.29 is 13.6 Å². The van der Waals surface area contributed by atoms with Crippen molar-refractivity contribution in [3.05, 3.63) is 59.2 Å². The van der Waals surface area contributed by atoms with Crippen LogP contribution >= 0.6 is 11.8 Å². The van der Waals surface area contributed by atoms with Gasteiger partial charge in [0.05, 0.1) is 4.90 Å². The fraction of sp³-hybridized carbons (Fsp3) is 0.188. The van der Waals surface area contributed by atoms with Gasteiger partial charge in [0.2, 0.25) is 0 Å². The van der Waals surface area contributed by atoms with Gasteiger partial charge >= 0.3 is 0 Å². The Morgan fingerprint density at radius 1 is 1.00 bits per heavy atom. The molecule has 0 radical (unpaired) electrons. The Morgan fingerprint density at radius 3 is 2.70 bits per heavy atom. The highest BCUT2D eigenvalue weighted by Crippen LogP contribution is 2.33. The number of halogens is 2. The zero-order chi connectivity index (χ0) is 14.1. The first-order valence-corrected chi connectivity index (χ1v) is 7.24. The van der Waals surface area contributed by atoms with Crippen LogP contribution in [0, 0.1) is 11.6 Å².